The minimum absolute atomic E-state index is 0.207. The third-order valence-electron chi connectivity index (χ3n) is 3.12. The van der Waals surface area contributed by atoms with Gasteiger partial charge in [-0.25, -0.2) is 0 Å². The first kappa shape index (κ1) is 6.40. The van der Waals surface area contributed by atoms with E-state index in [1.807, 2.05) is 0 Å². The normalized spacial score (nSPS) is 60.3. The highest BCUT2D eigenvalue weighted by molar-refractivity contribution is 5.01. The van der Waals surface area contributed by atoms with Gasteiger partial charge in [0.05, 0.1) is 24.4 Å². The molecule has 5 heterocycles. The van der Waals surface area contributed by atoms with Crippen molar-refractivity contribution < 1.29 is 9.47 Å². The quantitative estimate of drug-likeness (QED) is 0.537. The van der Waals surface area contributed by atoms with Crippen molar-refractivity contribution in [3.8, 4) is 0 Å². The Morgan fingerprint density at radius 2 is 1.82 bits per heavy atom. The van der Waals surface area contributed by atoms with Crippen molar-refractivity contribution in [1.82, 2.24) is 0 Å². The molecule has 0 aromatic carbocycles. The van der Waals surface area contributed by atoms with Gasteiger partial charge < -0.3 is 15.2 Å². The summed E-state index contributed by atoms with van der Waals surface area (Å²) in [5, 5.41) is 0. The van der Waals surface area contributed by atoms with Gasteiger partial charge in [-0.3, -0.25) is 0 Å². The molecule has 5 rings (SSSR count). The fourth-order valence-electron chi connectivity index (χ4n) is 2.57. The molecule has 1 unspecified atom stereocenters. The van der Waals surface area contributed by atoms with Gasteiger partial charge in [-0.15, -0.1) is 0 Å². The van der Waals surface area contributed by atoms with E-state index in [0.717, 1.165) is 12.8 Å². The largest absolute Gasteiger partial charge is 0.369 e. The first-order valence-corrected chi connectivity index (χ1v) is 4.41. The molecule has 2 N–H and O–H groups in total. The lowest BCUT2D eigenvalue weighted by atomic mass is 9.81. The topological polar surface area (TPSA) is 44.5 Å². The van der Waals surface area contributed by atoms with E-state index < -0.39 is 0 Å². The molecule has 0 radical (unpaired) electrons. The predicted molar refractivity (Wildman–Crippen MR) is 39.1 cm³/mol. The van der Waals surface area contributed by atoms with Crippen LogP contribution in [-0.2, 0) is 9.47 Å². The maximum atomic E-state index is 5.90. The van der Waals surface area contributed by atoms with Crippen molar-refractivity contribution in [1.29, 1.82) is 0 Å². The van der Waals surface area contributed by atoms with Gasteiger partial charge in [-0.1, -0.05) is 0 Å². The van der Waals surface area contributed by atoms with Crippen LogP contribution < -0.4 is 5.73 Å². The van der Waals surface area contributed by atoms with E-state index in [2.05, 4.69) is 0 Å². The summed E-state index contributed by atoms with van der Waals surface area (Å²) in [6, 6.07) is 0.232. The standard InChI is InChI=1S/C8H13NO2/c9-4-3-7-5-1-2-6(10-7)8(4)11-5/h4-8H,1-3,9H2/t4-,5?,6+,7-,8+/m1/s1. The summed E-state index contributed by atoms with van der Waals surface area (Å²) in [4.78, 5) is 0. The van der Waals surface area contributed by atoms with E-state index in [-0.39, 0.29) is 12.1 Å². The van der Waals surface area contributed by atoms with Crippen molar-refractivity contribution in [2.24, 2.45) is 5.73 Å². The molecule has 0 aromatic rings. The number of ether oxygens (including phenoxy) is 2. The van der Waals surface area contributed by atoms with Crippen molar-refractivity contribution in [2.75, 3.05) is 0 Å². The van der Waals surface area contributed by atoms with Gasteiger partial charge in [0.15, 0.2) is 0 Å². The van der Waals surface area contributed by atoms with E-state index in [1.165, 1.54) is 6.42 Å². The van der Waals surface area contributed by atoms with Gasteiger partial charge >= 0.3 is 0 Å². The second-order valence-electron chi connectivity index (χ2n) is 3.83. The summed E-state index contributed by atoms with van der Waals surface area (Å²) < 4.78 is 11.5. The van der Waals surface area contributed by atoms with Crippen molar-refractivity contribution in [3.63, 3.8) is 0 Å². The summed E-state index contributed by atoms with van der Waals surface area (Å²) in [6.07, 6.45) is 4.54. The minimum Gasteiger partial charge on any atom is -0.369 e. The average molecular weight is 155 g/mol. The Bertz CT molecular complexity index is 183. The van der Waals surface area contributed by atoms with Crippen LogP contribution in [0.15, 0.2) is 0 Å². The molecular formula is C8H13NO2. The van der Waals surface area contributed by atoms with E-state index in [4.69, 9.17) is 15.2 Å². The fourth-order valence-corrected chi connectivity index (χ4v) is 2.57. The zero-order chi connectivity index (χ0) is 7.42. The molecule has 0 aromatic heterocycles. The molecule has 3 nitrogen and oxygen atoms in total. The highest BCUT2D eigenvalue weighted by Gasteiger charge is 2.51. The average Bonchev–Trinajstić information content (AvgIpc) is 2.05. The van der Waals surface area contributed by atoms with Gasteiger partial charge in [0.1, 0.15) is 0 Å². The number of hydrogen-bond acceptors (Lipinski definition) is 3. The maximum Gasteiger partial charge on any atom is 0.0993 e. The van der Waals surface area contributed by atoms with Crippen molar-refractivity contribution in [3.05, 3.63) is 0 Å². The second-order valence-corrected chi connectivity index (χ2v) is 3.83. The van der Waals surface area contributed by atoms with Gasteiger partial charge in [0, 0.05) is 6.04 Å². The molecule has 0 spiro atoms. The first-order valence-electron chi connectivity index (χ1n) is 4.41. The van der Waals surface area contributed by atoms with Gasteiger partial charge in [0.25, 0.3) is 0 Å². The monoisotopic (exact) mass is 155 g/mol. The number of fused-ring (bicyclic) bond motifs is 2. The summed E-state index contributed by atoms with van der Waals surface area (Å²) in [5.41, 5.74) is 5.90. The molecular weight excluding hydrogens is 142 g/mol. The third-order valence-corrected chi connectivity index (χ3v) is 3.12. The Labute approximate surface area is 65.8 Å². The van der Waals surface area contributed by atoms with Crippen molar-refractivity contribution in [2.45, 2.75) is 49.7 Å². The predicted octanol–water partition coefficient (Wildman–Crippen LogP) is 0.0324. The number of nitrogens with two attached hydrogens (primary N) is 1. The lowest BCUT2D eigenvalue weighted by molar-refractivity contribution is -0.291. The summed E-state index contributed by atoms with van der Waals surface area (Å²) in [6.45, 7) is 0. The van der Waals surface area contributed by atoms with E-state index in [9.17, 15) is 0 Å². The Hall–Kier alpha value is -0.120. The molecule has 5 aliphatic rings. The van der Waals surface area contributed by atoms with Gasteiger partial charge in [-0.2, -0.15) is 0 Å². The van der Waals surface area contributed by atoms with Gasteiger partial charge in [-0.05, 0) is 19.3 Å². The van der Waals surface area contributed by atoms with Crippen LogP contribution in [-0.4, -0.2) is 30.5 Å². The molecule has 4 bridgehead atoms. The van der Waals surface area contributed by atoms with E-state index in [1.54, 1.807) is 0 Å². The Morgan fingerprint density at radius 3 is 2.36 bits per heavy atom. The van der Waals surface area contributed by atoms with Crippen LogP contribution in [0.3, 0.4) is 0 Å². The van der Waals surface area contributed by atoms with Crippen LogP contribution in [0, 0.1) is 0 Å². The van der Waals surface area contributed by atoms with Crippen LogP contribution in [0.2, 0.25) is 0 Å². The molecule has 5 atom stereocenters. The third kappa shape index (κ3) is 0.736. The maximum absolute atomic E-state index is 5.90. The molecule has 0 aliphatic carbocycles. The summed E-state index contributed by atoms with van der Waals surface area (Å²) in [5.74, 6) is 0. The second kappa shape index (κ2) is 1.97. The Morgan fingerprint density at radius 1 is 1.00 bits per heavy atom. The van der Waals surface area contributed by atoms with Crippen LogP contribution in [0.25, 0.3) is 0 Å². The lowest BCUT2D eigenvalue weighted by Crippen LogP contribution is -2.66. The van der Waals surface area contributed by atoms with E-state index >= 15 is 0 Å². The molecule has 0 amide bonds. The SMILES string of the molecule is N[C@@H]1C[C@H]2O[C@H]3CCC2O[C@@H]13. The number of rotatable bonds is 0. The molecule has 0 saturated carbocycles. The molecule has 5 saturated heterocycles. The smallest absolute Gasteiger partial charge is 0.0993 e. The van der Waals surface area contributed by atoms with Crippen LogP contribution >= 0.6 is 0 Å². The zero-order valence-electron chi connectivity index (χ0n) is 6.40. The summed E-state index contributed by atoms with van der Waals surface area (Å²) >= 11 is 0. The lowest BCUT2D eigenvalue weighted by Gasteiger charge is -2.54. The molecule has 5 aliphatic heterocycles. The number of hydrogen-bond donors (Lipinski definition) is 1. The summed E-state index contributed by atoms with van der Waals surface area (Å²) in [7, 11) is 0. The highest BCUT2D eigenvalue weighted by atomic mass is 16.6. The van der Waals surface area contributed by atoms with Crippen molar-refractivity contribution >= 4 is 0 Å². The van der Waals surface area contributed by atoms with Crippen LogP contribution in [0.4, 0.5) is 0 Å². The first-order chi connectivity index (χ1) is 5.34. The highest BCUT2D eigenvalue weighted by Crippen LogP contribution is 2.40. The molecule has 11 heavy (non-hydrogen) atoms. The van der Waals surface area contributed by atoms with E-state index in [0.29, 0.717) is 18.3 Å². The molecule has 62 valence electrons. The van der Waals surface area contributed by atoms with Gasteiger partial charge in [0.2, 0.25) is 0 Å². The molecule has 3 heteroatoms. The Kier molecular flexibility index (Phi) is 1.15. The molecule has 5 fully saturated rings. The Balaban J connectivity index is 1.93. The van der Waals surface area contributed by atoms with Crippen LogP contribution in [0.1, 0.15) is 19.3 Å². The fraction of sp³-hybridized carbons (Fsp3) is 1.00. The van der Waals surface area contributed by atoms with Crippen LogP contribution in [0.5, 0.6) is 0 Å². The zero-order valence-corrected chi connectivity index (χ0v) is 6.40. The minimum atomic E-state index is 0.207.